The quantitative estimate of drug-likeness (QED) is 0.545. The molecule has 3 aromatic carbocycles. The lowest BCUT2D eigenvalue weighted by atomic mass is 9.98. The molecular weight excluding hydrogens is 286 g/mol. The number of ether oxygens (including phenoxy) is 2. The number of aliphatic imine (C=N–C) groups is 1. The van der Waals surface area contributed by atoms with Gasteiger partial charge in [-0.15, -0.1) is 0 Å². The number of hydrogen-bond acceptors (Lipinski definition) is 3. The zero-order valence-corrected chi connectivity index (χ0v) is 13.2. The Hall–Kier alpha value is -2.81. The predicted octanol–water partition coefficient (Wildman–Crippen LogP) is 4.73. The molecule has 4 rings (SSSR count). The monoisotopic (exact) mass is 303 g/mol. The van der Waals surface area contributed by atoms with Gasteiger partial charge in [0.25, 0.3) is 0 Å². The minimum Gasteiger partial charge on any atom is -0.497 e. The van der Waals surface area contributed by atoms with Crippen LogP contribution in [0.4, 0.5) is 5.69 Å². The Kier molecular flexibility index (Phi) is 3.27. The molecule has 0 aromatic heterocycles. The van der Waals surface area contributed by atoms with Crippen LogP contribution in [0, 0.1) is 0 Å². The zero-order chi connectivity index (χ0) is 15.8. The standard InChI is InChI=1S/C20H17NO2/c1-3-23-18-12-11-16-19-15(18)5-4-6-17(19)21-20(16)13-7-9-14(22-2)10-8-13/h4-12H,3H2,1-2H3. The molecule has 1 aliphatic rings. The van der Waals surface area contributed by atoms with Crippen molar-refractivity contribution >= 4 is 22.2 Å². The summed E-state index contributed by atoms with van der Waals surface area (Å²) in [5.41, 5.74) is 4.25. The van der Waals surface area contributed by atoms with Crippen molar-refractivity contribution in [3.8, 4) is 11.5 Å². The van der Waals surface area contributed by atoms with E-state index in [4.69, 9.17) is 14.5 Å². The highest BCUT2D eigenvalue weighted by Crippen LogP contribution is 2.41. The highest BCUT2D eigenvalue weighted by Gasteiger charge is 2.21. The van der Waals surface area contributed by atoms with E-state index in [1.807, 2.05) is 43.3 Å². The first-order chi connectivity index (χ1) is 11.3. The summed E-state index contributed by atoms with van der Waals surface area (Å²) < 4.78 is 11.0. The number of methoxy groups -OCH3 is 1. The average Bonchev–Trinajstić information content (AvgIpc) is 2.98. The van der Waals surface area contributed by atoms with Gasteiger partial charge in [0.15, 0.2) is 0 Å². The summed E-state index contributed by atoms with van der Waals surface area (Å²) in [6, 6.07) is 18.3. The van der Waals surface area contributed by atoms with Crippen molar-refractivity contribution in [2.75, 3.05) is 13.7 Å². The minimum absolute atomic E-state index is 0.658. The average molecular weight is 303 g/mol. The first kappa shape index (κ1) is 13.8. The van der Waals surface area contributed by atoms with Gasteiger partial charge in [0.1, 0.15) is 11.5 Å². The van der Waals surface area contributed by atoms with Crippen LogP contribution in [-0.2, 0) is 0 Å². The largest absolute Gasteiger partial charge is 0.497 e. The molecule has 3 nitrogen and oxygen atoms in total. The number of hydrogen-bond donors (Lipinski definition) is 0. The fourth-order valence-corrected chi connectivity index (χ4v) is 3.08. The molecule has 114 valence electrons. The predicted molar refractivity (Wildman–Crippen MR) is 93.4 cm³/mol. The molecule has 0 radical (unpaired) electrons. The maximum absolute atomic E-state index is 5.76. The Balaban J connectivity index is 1.87. The molecule has 0 saturated carbocycles. The zero-order valence-electron chi connectivity index (χ0n) is 13.2. The lowest BCUT2D eigenvalue weighted by Gasteiger charge is -2.10. The van der Waals surface area contributed by atoms with Crippen molar-refractivity contribution in [1.29, 1.82) is 0 Å². The molecule has 0 fully saturated rings. The molecule has 3 aromatic rings. The van der Waals surface area contributed by atoms with E-state index in [9.17, 15) is 0 Å². The summed E-state index contributed by atoms with van der Waals surface area (Å²) in [5, 5.41) is 2.29. The van der Waals surface area contributed by atoms with Crippen LogP contribution in [0.25, 0.3) is 10.8 Å². The third-order valence-electron chi connectivity index (χ3n) is 4.13. The molecule has 23 heavy (non-hydrogen) atoms. The topological polar surface area (TPSA) is 30.8 Å². The van der Waals surface area contributed by atoms with Crippen LogP contribution < -0.4 is 9.47 Å². The Morgan fingerprint density at radius 1 is 0.957 bits per heavy atom. The Morgan fingerprint density at radius 2 is 1.78 bits per heavy atom. The summed E-state index contributed by atoms with van der Waals surface area (Å²) in [7, 11) is 1.67. The first-order valence-electron chi connectivity index (χ1n) is 7.74. The van der Waals surface area contributed by atoms with Crippen molar-refractivity contribution in [3.63, 3.8) is 0 Å². The van der Waals surface area contributed by atoms with Gasteiger partial charge >= 0.3 is 0 Å². The van der Waals surface area contributed by atoms with Crippen LogP contribution in [0.5, 0.6) is 11.5 Å². The lowest BCUT2D eigenvalue weighted by molar-refractivity contribution is 0.344. The Bertz CT molecular complexity index is 911. The fourth-order valence-electron chi connectivity index (χ4n) is 3.08. The first-order valence-corrected chi connectivity index (χ1v) is 7.74. The van der Waals surface area contributed by atoms with Gasteiger partial charge in [-0.2, -0.15) is 0 Å². The van der Waals surface area contributed by atoms with Crippen LogP contribution in [0.3, 0.4) is 0 Å². The molecule has 0 saturated heterocycles. The van der Waals surface area contributed by atoms with Crippen LogP contribution in [0.1, 0.15) is 18.1 Å². The van der Waals surface area contributed by atoms with E-state index in [0.29, 0.717) is 6.61 Å². The Morgan fingerprint density at radius 3 is 2.52 bits per heavy atom. The molecule has 0 amide bonds. The van der Waals surface area contributed by atoms with Gasteiger partial charge in [0.05, 0.1) is 25.1 Å². The van der Waals surface area contributed by atoms with Gasteiger partial charge in [-0.1, -0.05) is 12.1 Å². The van der Waals surface area contributed by atoms with E-state index in [0.717, 1.165) is 39.4 Å². The second-order valence-electron chi connectivity index (χ2n) is 5.43. The summed E-state index contributed by atoms with van der Waals surface area (Å²) in [6.45, 7) is 2.66. The maximum atomic E-state index is 5.76. The van der Waals surface area contributed by atoms with Gasteiger partial charge in [0.2, 0.25) is 0 Å². The molecule has 0 atom stereocenters. The minimum atomic E-state index is 0.658. The van der Waals surface area contributed by atoms with Crippen molar-refractivity contribution in [3.05, 3.63) is 65.7 Å². The third kappa shape index (κ3) is 2.16. The second kappa shape index (κ2) is 5.43. The van der Waals surface area contributed by atoms with Gasteiger partial charge in [-0.3, -0.25) is 0 Å². The van der Waals surface area contributed by atoms with Crippen LogP contribution >= 0.6 is 0 Å². The highest BCUT2D eigenvalue weighted by molar-refractivity contribution is 6.26. The summed E-state index contributed by atoms with van der Waals surface area (Å²) in [4.78, 5) is 4.84. The van der Waals surface area contributed by atoms with Crippen LogP contribution in [-0.4, -0.2) is 19.4 Å². The van der Waals surface area contributed by atoms with Gasteiger partial charge in [0, 0.05) is 21.9 Å². The van der Waals surface area contributed by atoms with E-state index >= 15 is 0 Å². The maximum Gasteiger partial charge on any atom is 0.127 e. The van der Waals surface area contributed by atoms with Crippen molar-refractivity contribution < 1.29 is 9.47 Å². The molecular formula is C20H17NO2. The number of nitrogens with zero attached hydrogens (tertiary/aromatic N) is 1. The molecule has 0 unspecified atom stereocenters. The van der Waals surface area contributed by atoms with Crippen LogP contribution in [0.15, 0.2) is 59.6 Å². The highest BCUT2D eigenvalue weighted by atomic mass is 16.5. The molecule has 0 spiro atoms. The Labute approximate surface area is 135 Å². The SMILES string of the molecule is CCOc1ccc2c3c(cccc13)N=C2c1ccc(OC)cc1. The van der Waals surface area contributed by atoms with E-state index in [1.165, 1.54) is 5.39 Å². The third-order valence-corrected chi connectivity index (χ3v) is 4.13. The molecule has 0 aliphatic carbocycles. The number of benzene rings is 3. The molecule has 1 heterocycles. The lowest BCUT2D eigenvalue weighted by Crippen LogP contribution is -2.01. The normalized spacial score (nSPS) is 12.3. The molecule has 0 N–H and O–H groups in total. The molecule has 3 heteroatoms. The van der Waals surface area contributed by atoms with Crippen molar-refractivity contribution in [1.82, 2.24) is 0 Å². The number of rotatable bonds is 4. The summed E-state index contributed by atoms with van der Waals surface area (Å²) in [6.07, 6.45) is 0. The van der Waals surface area contributed by atoms with Crippen molar-refractivity contribution in [2.45, 2.75) is 6.92 Å². The second-order valence-corrected chi connectivity index (χ2v) is 5.43. The summed E-state index contributed by atoms with van der Waals surface area (Å²) >= 11 is 0. The van der Waals surface area contributed by atoms with E-state index < -0.39 is 0 Å². The van der Waals surface area contributed by atoms with Gasteiger partial charge < -0.3 is 9.47 Å². The van der Waals surface area contributed by atoms with E-state index in [-0.39, 0.29) is 0 Å². The smallest absolute Gasteiger partial charge is 0.127 e. The summed E-state index contributed by atoms with van der Waals surface area (Å²) in [5.74, 6) is 1.76. The molecule has 1 aliphatic heterocycles. The van der Waals surface area contributed by atoms with Gasteiger partial charge in [-0.05, 0) is 49.4 Å². The molecule has 0 bridgehead atoms. The van der Waals surface area contributed by atoms with Crippen molar-refractivity contribution in [2.24, 2.45) is 4.99 Å². The fraction of sp³-hybridized carbons (Fsp3) is 0.150. The van der Waals surface area contributed by atoms with Gasteiger partial charge in [-0.25, -0.2) is 4.99 Å². The van der Waals surface area contributed by atoms with Crippen LogP contribution in [0.2, 0.25) is 0 Å². The van der Waals surface area contributed by atoms with E-state index in [2.05, 4.69) is 18.2 Å². The van der Waals surface area contributed by atoms with E-state index in [1.54, 1.807) is 7.11 Å².